The monoisotopic (exact) mass is 657 g/mol. The molecule has 0 unspecified atom stereocenters. The van der Waals surface area contributed by atoms with Crippen molar-refractivity contribution in [1.82, 2.24) is 10.2 Å². The van der Waals surface area contributed by atoms with Crippen LogP contribution in [0.3, 0.4) is 0 Å². The van der Waals surface area contributed by atoms with Crippen molar-refractivity contribution < 1.29 is 18.0 Å². The molecule has 1 N–H and O–H groups in total. The van der Waals surface area contributed by atoms with E-state index in [4.69, 9.17) is 11.6 Å². The van der Waals surface area contributed by atoms with Crippen LogP contribution in [-0.4, -0.2) is 43.8 Å². The van der Waals surface area contributed by atoms with Gasteiger partial charge >= 0.3 is 0 Å². The van der Waals surface area contributed by atoms with E-state index in [9.17, 15) is 18.0 Å². The molecule has 7 nitrogen and oxygen atoms in total. The molecule has 1 saturated carbocycles. The molecule has 1 aliphatic rings. The van der Waals surface area contributed by atoms with Gasteiger partial charge in [0, 0.05) is 24.0 Å². The van der Waals surface area contributed by atoms with Gasteiger partial charge in [0.25, 0.3) is 10.0 Å². The normalized spacial score (nSPS) is 14.1. The predicted molar refractivity (Wildman–Crippen MR) is 183 cm³/mol. The zero-order valence-corrected chi connectivity index (χ0v) is 27.8. The molecule has 5 rings (SSSR count). The van der Waals surface area contributed by atoms with Crippen LogP contribution in [0, 0.1) is 13.8 Å². The molecule has 0 aliphatic heterocycles. The minimum atomic E-state index is -4.16. The largest absolute Gasteiger partial charge is 0.352 e. The van der Waals surface area contributed by atoms with Gasteiger partial charge in [0.1, 0.15) is 12.6 Å². The number of halogens is 1. The summed E-state index contributed by atoms with van der Waals surface area (Å²) in [4.78, 5) is 30.3. The Kier molecular flexibility index (Phi) is 10.8. The zero-order valence-electron chi connectivity index (χ0n) is 26.2. The van der Waals surface area contributed by atoms with Crippen LogP contribution in [-0.2, 0) is 32.6 Å². The molecule has 240 valence electrons. The van der Waals surface area contributed by atoms with Crippen molar-refractivity contribution in [3.8, 4) is 0 Å². The molecule has 1 atom stereocenters. The third-order valence-electron chi connectivity index (χ3n) is 8.45. The lowest BCUT2D eigenvalue weighted by Crippen LogP contribution is -2.54. The molecule has 4 aromatic rings. The first-order chi connectivity index (χ1) is 22.1. The number of benzene rings is 4. The number of aryl methyl sites for hydroxylation is 2. The van der Waals surface area contributed by atoms with Gasteiger partial charge in [0.2, 0.25) is 11.8 Å². The van der Waals surface area contributed by atoms with Crippen LogP contribution in [0.5, 0.6) is 0 Å². The lowest BCUT2D eigenvalue weighted by Gasteiger charge is -2.34. The van der Waals surface area contributed by atoms with E-state index >= 15 is 0 Å². The maximum absolute atomic E-state index is 14.6. The first-order valence-corrected chi connectivity index (χ1v) is 17.5. The molecule has 46 heavy (non-hydrogen) atoms. The van der Waals surface area contributed by atoms with Gasteiger partial charge in [-0.2, -0.15) is 0 Å². The summed E-state index contributed by atoms with van der Waals surface area (Å²) in [6, 6.07) is 29.5. The SMILES string of the molecule is Cc1ccc(S(=O)(=O)N(CC(=O)N(Cc2ccccc2Cl)[C@H](Cc2ccccc2)C(=O)NC2CCCC2)c2cccc(C)c2)cc1. The number of carbonyl (C=O) groups is 2. The molecule has 0 spiro atoms. The minimum Gasteiger partial charge on any atom is -0.352 e. The Morgan fingerprint density at radius 1 is 0.848 bits per heavy atom. The number of hydrogen-bond donors (Lipinski definition) is 1. The number of nitrogens with zero attached hydrogens (tertiary/aromatic N) is 2. The first-order valence-electron chi connectivity index (χ1n) is 15.6. The van der Waals surface area contributed by atoms with Gasteiger partial charge in [0.05, 0.1) is 10.6 Å². The van der Waals surface area contributed by atoms with Gasteiger partial charge in [-0.25, -0.2) is 8.42 Å². The average Bonchev–Trinajstić information content (AvgIpc) is 3.56. The Morgan fingerprint density at radius 2 is 1.52 bits per heavy atom. The maximum atomic E-state index is 14.6. The van der Waals surface area contributed by atoms with Crippen molar-refractivity contribution in [2.75, 3.05) is 10.8 Å². The second kappa shape index (κ2) is 15.0. The number of sulfonamides is 1. The highest BCUT2D eigenvalue weighted by molar-refractivity contribution is 7.92. The molecule has 0 bridgehead atoms. The van der Waals surface area contributed by atoms with E-state index in [0.717, 1.165) is 46.7 Å². The van der Waals surface area contributed by atoms with Crippen LogP contribution >= 0.6 is 11.6 Å². The van der Waals surface area contributed by atoms with Crippen molar-refractivity contribution in [3.63, 3.8) is 0 Å². The average molecular weight is 658 g/mol. The van der Waals surface area contributed by atoms with Gasteiger partial charge in [-0.1, -0.05) is 103 Å². The molecule has 0 aromatic heterocycles. The number of anilines is 1. The lowest BCUT2D eigenvalue weighted by atomic mass is 10.0. The van der Waals surface area contributed by atoms with Crippen molar-refractivity contribution in [2.45, 2.75) is 69.5 Å². The Labute approximate surface area is 277 Å². The number of nitrogens with one attached hydrogen (secondary N) is 1. The van der Waals surface area contributed by atoms with Gasteiger partial charge in [-0.3, -0.25) is 13.9 Å². The Morgan fingerprint density at radius 3 is 2.20 bits per heavy atom. The quantitative estimate of drug-likeness (QED) is 0.181. The van der Waals surface area contributed by atoms with E-state index in [1.54, 1.807) is 54.6 Å². The third-order valence-corrected chi connectivity index (χ3v) is 10.6. The molecule has 9 heteroatoms. The molecule has 1 aliphatic carbocycles. The molecular weight excluding hydrogens is 618 g/mol. The van der Waals surface area contributed by atoms with Gasteiger partial charge in [-0.05, 0) is 73.7 Å². The van der Waals surface area contributed by atoms with Crippen LogP contribution in [0.15, 0.2) is 108 Å². The third kappa shape index (κ3) is 8.17. The van der Waals surface area contributed by atoms with Crippen molar-refractivity contribution in [1.29, 1.82) is 0 Å². The van der Waals surface area contributed by atoms with Crippen LogP contribution in [0.4, 0.5) is 5.69 Å². The minimum absolute atomic E-state index is 0.0281. The van der Waals surface area contributed by atoms with E-state index in [1.807, 2.05) is 62.4 Å². The smallest absolute Gasteiger partial charge is 0.264 e. The Hall–Kier alpha value is -4.14. The fourth-order valence-corrected chi connectivity index (χ4v) is 7.48. The molecule has 0 radical (unpaired) electrons. The van der Waals surface area contributed by atoms with E-state index in [2.05, 4.69) is 5.32 Å². The predicted octanol–water partition coefficient (Wildman–Crippen LogP) is 6.85. The topological polar surface area (TPSA) is 86.8 Å². The van der Waals surface area contributed by atoms with Crippen molar-refractivity contribution in [2.24, 2.45) is 0 Å². The van der Waals surface area contributed by atoms with E-state index in [-0.39, 0.29) is 29.8 Å². The Balaban J connectivity index is 1.57. The van der Waals surface area contributed by atoms with Crippen LogP contribution in [0.25, 0.3) is 0 Å². The fourth-order valence-electron chi connectivity index (χ4n) is 5.88. The summed E-state index contributed by atoms with van der Waals surface area (Å²) in [6.45, 7) is 3.27. The number of carbonyl (C=O) groups excluding carboxylic acids is 2. The molecule has 0 heterocycles. The number of rotatable bonds is 12. The standard InChI is InChI=1S/C37H40ClN3O4S/c1-27-19-21-33(22-20-27)46(44,45)41(32-17-10-11-28(2)23-32)26-36(42)40(25-30-14-6-9-18-34(30)38)35(24-29-12-4-3-5-13-29)37(43)39-31-15-7-8-16-31/h3-6,9-14,17-23,31,35H,7-8,15-16,24-26H2,1-2H3,(H,39,43)/t35-/m1/s1. The summed E-state index contributed by atoms with van der Waals surface area (Å²) in [6.07, 6.45) is 4.11. The Bertz CT molecular complexity index is 1760. The summed E-state index contributed by atoms with van der Waals surface area (Å²) >= 11 is 6.59. The summed E-state index contributed by atoms with van der Waals surface area (Å²) in [5.41, 5.74) is 3.67. The molecule has 2 amide bonds. The van der Waals surface area contributed by atoms with Crippen LogP contribution in [0.1, 0.15) is 47.9 Å². The van der Waals surface area contributed by atoms with Gasteiger partial charge in [0.15, 0.2) is 0 Å². The number of amides is 2. The number of hydrogen-bond acceptors (Lipinski definition) is 4. The summed E-state index contributed by atoms with van der Waals surface area (Å²) in [7, 11) is -4.16. The van der Waals surface area contributed by atoms with E-state index in [1.165, 1.54) is 4.90 Å². The van der Waals surface area contributed by atoms with Crippen molar-refractivity contribution >= 4 is 39.1 Å². The molecule has 0 saturated heterocycles. The molecule has 1 fully saturated rings. The van der Waals surface area contributed by atoms with E-state index in [0.29, 0.717) is 16.3 Å². The second-order valence-corrected chi connectivity index (χ2v) is 14.2. The van der Waals surface area contributed by atoms with Gasteiger partial charge < -0.3 is 10.2 Å². The van der Waals surface area contributed by atoms with Crippen molar-refractivity contribution in [3.05, 3.63) is 130 Å². The highest BCUT2D eigenvalue weighted by Crippen LogP contribution is 2.27. The summed E-state index contributed by atoms with van der Waals surface area (Å²) < 4.78 is 29.6. The summed E-state index contributed by atoms with van der Waals surface area (Å²) in [5.74, 6) is -0.778. The summed E-state index contributed by atoms with van der Waals surface area (Å²) in [5, 5.41) is 3.65. The zero-order chi connectivity index (χ0) is 32.7. The first kappa shape index (κ1) is 33.2. The van der Waals surface area contributed by atoms with Gasteiger partial charge in [-0.15, -0.1) is 0 Å². The van der Waals surface area contributed by atoms with E-state index < -0.39 is 28.5 Å². The van der Waals surface area contributed by atoms with Crippen LogP contribution in [0.2, 0.25) is 5.02 Å². The van der Waals surface area contributed by atoms with Crippen LogP contribution < -0.4 is 9.62 Å². The fraction of sp³-hybridized carbons (Fsp3) is 0.297. The molecular formula is C37H40ClN3O4S. The highest BCUT2D eigenvalue weighted by atomic mass is 35.5. The maximum Gasteiger partial charge on any atom is 0.264 e. The lowest BCUT2D eigenvalue weighted by molar-refractivity contribution is -0.140. The molecule has 4 aromatic carbocycles. The second-order valence-electron chi connectivity index (χ2n) is 12.0. The highest BCUT2D eigenvalue weighted by Gasteiger charge is 2.35.